The Morgan fingerprint density at radius 1 is 1.17 bits per heavy atom. The topological polar surface area (TPSA) is 9.23 Å². The second-order valence-electron chi connectivity index (χ2n) is 2.46. The maximum atomic E-state index is 4.99. The molecule has 0 amide bonds. The quantitative estimate of drug-likeness (QED) is 0.396. The Kier molecular flexibility index (Phi) is 18.6. The van der Waals surface area contributed by atoms with Crippen LogP contribution >= 0.6 is 12.6 Å². The molecule has 0 N–H and O–H groups in total. The van der Waals surface area contributed by atoms with E-state index in [0.29, 0.717) is 6.61 Å². The molecule has 0 aromatic rings. The van der Waals surface area contributed by atoms with E-state index in [2.05, 4.69) is 19.6 Å². The van der Waals surface area contributed by atoms with Gasteiger partial charge in [-0.2, -0.15) is 19.0 Å². The number of thiol groups is 1. The van der Waals surface area contributed by atoms with E-state index in [-0.39, 0.29) is 19.8 Å². The van der Waals surface area contributed by atoms with Crippen LogP contribution in [0.5, 0.6) is 0 Å². The molecule has 0 atom stereocenters. The van der Waals surface area contributed by atoms with Gasteiger partial charge in [0.1, 0.15) is 0 Å². The van der Waals surface area contributed by atoms with E-state index in [1.165, 1.54) is 25.7 Å². The van der Waals surface area contributed by atoms with Crippen molar-refractivity contribution in [3.05, 3.63) is 13.5 Å². The van der Waals surface area contributed by atoms with Gasteiger partial charge in [-0.3, -0.25) is 0 Å². The zero-order valence-electron chi connectivity index (χ0n) is 7.44. The molecule has 12 heavy (non-hydrogen) atoms. The molecule has 0 saturated heterocycles. The predicted octanol–water partition coefficient (Wildman–Crippen LogP) is 2.88. The monoisotopic (exact) mass is 366 g/mol. The minimum absolute atomic E-state index is 0. The summed E-state index contributed by atoms with van der Waals surface area (Å²) in [4.78, 5) is 0. The standard InChI is InChI=1S/C9H18OS.Os/c1-2-10-8-6-4-3-5-7-9-11;/h8,11H,1-7,9H2;/q-2;+2. The van der Waals surface area contributed by atoms with Gasteiger partial charge in [0, 0.05) is 0 Å². The molecule has 0 rings (SSSR count). The fourth-order valence-electron chi connectivity index (χ4n) is 0.860. The van der Waals surface area contributed by atoms with Crippen LogP contribution in [-0.2, 0) is 24.5 Å². The van der Waals surface area contributed by atoms with Crippen molar-refractivity contribution >= 4 is 12.6 Å². The molecule has 0 unspecified atom stereocenters. The average molecular weight is 365 g/mol. The third-order valence-corrected chi connectivity index (χ3v) is 1.78. The Morgan fingerprint density at radius 2 is 1.83 bits per heavy atom. The second-order valence-corrected chi connectivity index (χ2v) is 2.91. The molecular formula is C9H18OOsS. The van der Waals surface area contributed by atoms with Crippen LogP contribution in [0.2, 0.25) is 0 Å². The SMILES string of the molecule is [CH2-]CO[CH-]CCCCCCS.[Os+2]. The van der Waals surface area contributed by atoms with Crippen LogP contribution in [-0.4, -0.2) is 12.4 Å². The van der Waals surface area contributed by atoms with Gasteiger partial charge in [-0.1, -0.05) is 19.3 Å². The summed E-state index contributed by atoms with van der Waals surface area (Å²) in [5.74, 6) is 1.01. The van der Waals surface area contributed by atoms with E-state index in [4.69, 9.17) is 4.74 Å². The first kappa shape index (κ1) is 15.4. The van der Waals surface area contributed by atoms with Crippen LogP contribution in [0.4, 0.5) is 0 Å². The molecular weight excluding hydrogens is 346 g/mol. The van der Waals surface area contributed by atoms with E-state index in [1.54, 1.807) is 0 Å². The van der Waals surface area contributed by atoms with Crippen LogP contribution in [0.3, 0.4) is 0 Å². The van der Waals surface area contributed by atoms with Gasteiger partial charge in [0.15, 0.2) is 0 Å². The molecule has 0 aromatic carbocycles. The van der Waals surface area contributed by atoms with Crippen LogP contribution in [0.15, 0.2) is 0 Å². The third-order valence-electron chi connectivity index (χ3n) is 1.47. The van der Waals surface area contributed by atoms with Crippen molar-refractivity contribution in [1.82, 2.24) is 0 Å². The summed E-state index contributed by atoms with van der Waals surface area (Å²) in [7, 11) is 0. The number of rotatable bonds is 8. The van der Waals surface area contributed by atoms with E-state index in [0.717, 1.165) is 12.2 Å². The van der Waals surface area contributed by atoms with Crippen LogP contribution in [0, 0.1) is 13.5 Å². The minimum atomic E-state index is 0. The van der Waals surface area contributed by atoms with Gasteiger partial charge in [0.2, 0.25) is 0 Å². The molecule has 0 saturated carbocycles. The fourth-order valence-corrected chi connectivity index (χ4v) is 1.08. The van der Waals surface area contributed by atoms with Gasteiger partial charge in [-0.05, 0) is 12.2 Å². The van der Waals surface area contributed by atoms with E-state index < -0.39 is 0 Å². The molecule has 0 aliphatic rings. The molecule has 3 heteroatoms. The molecule has 0 bridgehead atoms. The molecule has 0 aliphatic heterocycles. The van der Waals surface area contributed by atoms with E-state index >= 15 is 0 Å². The Balaban J connectivity index is 0. The Morgan fingerprint density at radius 3 is 2.42 bits per heavy atom. The van der Waals surface area contributed by atoms with Gasteiger partial charge in [-0.15, -0.1) is 6.61 Å². The van der Waals surface area contributed by atoms with E-state index in [1.807, 2.05) is 6.61 Å². The number of hydrogen-bond donors (Lipinski definition) is 1. The minimum Gasteiger partial charge on any atom is -0.578 e. The Labute approximate surface area is 95.1 Å². The fraction of sp³-hybridized carbons (Fsp3) is 0.778. The van der Waals surface area contributed by atoms with Crippen molar-refractivity contribution in [1.29, 1.82) is 0 Å². The van der Waals surface area contributed by atoms with Gasteiger partial charge < -0.3 is 11.7 Å². The number of ether oxygens (including phenoxy) is 1. The number of unbranched alkanes of at least 4 members (excludes halogenated alkanes) is 4. The molecule has 0 radical (unpaired) electrons. The van der Waals surface area contributed by atoms with Crippen LogP contribution in [0.1, 0.15) is 32.1 Å². The first-order chi connectivity index (χ1) is 5.41. The van der Waals surface area contributed by atoms with Crippen LogP contribution < -0.4 is 0 Å². The number of hydrogen-bond acceptors (Lipinski definition) is 2. The molecule has 74 valence electrons. The van der Waals surface area contributed by atoms with Crippen molar-refractivity contribution in [2.75, 3.05) is 12.4 Å². The molecule has 0 aliphatic carbocycles. The molecule has 1 nitrogen and oxygen atoms in total. The van der Waals surface area contributed by atoms with Crippen molar-refractivity contribution in [2.45, 2.75) is 32.1 Å². The summed E-state index contributed by atoms with van der Waals surface area (Å²) in [5.41, 5.74) is 0. The molecule has 0 aromatic heterocycles. The third kappa shape index (κ3) is 13.5. The van der Waals surface area contributed by atoms with Gasteiger partial charge in [0.25, 0.3) is 0 Å². The summed E-state index contributed by atoms with van der Waals surface area (Å²) in [6, 6.07) is 0. The molecule has 0 heterocycles. The normalized spacial score (nSPS) is 9.50. The van der Waals surface area contributed by atoms with Crippen molar-refractivity contribution < 1.29 is 24.5 Å². The van der Waals surface area contributed by atoms with Gasteiger partial charge >= 0.3 is 19.8 Å². The second kappa shape index (κ2) is 14.5. The van der Waals surface area contributed by atoms with Crippen molar-refractivity contribution in [3.63, 3.8) is 0 Å². The zero-order valence-corrected chi connectivity index (χ0v) is 10.9. The Bertz CT molecular complexity index is 63.5. The van der Waals surface area contributed by atoms with Gasteiger partial charge in [0.05, 0.1) is 0 Å². The first-order valence-electron chi connectivity index (χ1n) is 4.25. The summed E-state index contributed by atoms with van der Waals surface area (Å²) in [6.45, 7) is 5.98. The Hall–Kier alpha value is 0.946. The predicted molar refractivity (Wildman–Crippen MR) is 52.5 cm³/mol. The largest absolute Gasteiger partial charge is 2.00 e. The van der Waals surface area contributed by atoms with E-state index in [9.17, 15) is 0 Å². The van der Waals surface area contributed by atoms with Crippen molar-refractivity contribution in [3.8, 4) is 0 Å². The average Bonchev–Trinajstić information content (AvgIpc) is 2.03. The van der Waals surface area contributed by atoms with Gasteiger partial charge in [-0.25, -0.2) is 6.61 Å². The maximum Gasteiger partial charge on any atom is 2.00 e. The molecule has 0 spiro atoms. The summed E-state index contributed by atoms with van der Waals surface area (Å²) in [5, 5.41) is 0. The maximum absolute atomic E-state index is 4.99. The summed E-state index contributed by atoms with van der Waals surface area (Å²) in [6.07, 6.45) is 6.11. The molecule has 0 fully saturated rings. The zero-order chi connectivity index (χ0) is 8.36. The van der Waals surface area contributed by atoms with Crippen LogP contribution in [0.25, 0.3) is 0 Å². The summed E-state index contributed by atoms with van der Waals surface area (Å²) < 4.78 is 4.99. The first-order valence-corrected chi connectivity index (χ1v) is 4.88. The summed E-state index contributed by atoms with van der Waals surface area (Å²) >= 11 is 4.14. The van der Waals surface area contributed by atoms with Crippen molar-refractivity contribution in [2.24, 2.45) is 0 Å². The smallest absolute Gasteiger partial charge is 0.578 e.